The maximum atomic E-state index is 13.0. The second-order valence-corrected chi connectivity index (χ2v) is 6.37. The fraction of sp³-hybridized carbons (Fsp3) is 0.130. The van der Waals surface area contributed by atoms with Crippen LogP contribution in [0.5, 0.6) is 5.75 Å². The molecule has 0 aliphatic heterocycles. The molecule has 0 aliphatic rings. The van der Waals surface area contributed by atoms with Crippen molar-refractivity contribution >= 4 is 17.5 Å². The maximum absolute atomic E-state index is 13.0. The van der Waals surface area contributed by atoms with E-state index in [2.05, 4.69) is 10.6 Å². The van der Waals surface area contributed by atoms with Crippen LogP contribution in [0.15, 0.2) is 78.9 Å². The molecule has 3 rings (SSSR count). The molecule has 0 saturated heterocycles. The molecule has 0 heterocycles. The molecule has 0 saturated carbocycles. The Hall–Kier alpha value is -3.60. The summed E-state index contributed by atoms with van der Waals surface area (Å²) in [4.78, 5) is 25.7. The zero-order valence-corrected chi connectivity index (χ0v) is 15.8. The molecule has 0 fully saturated rings. The molecule has 0 aliphatic carbocycles. The summed E-state index contributed by atoms with van der Waals surface area (Å²) in [5, 5.41) is 5.68. The van der Waals surface area contributed by atoms with Crippen LogP contribution in [-0.4, -0.2) is 18.9 Å². The second kappa shape index (κ2) is 8.86. The first-order valence-corrected chi connectivity index (χ1v) is 8.95. The van der Waals surface area contributed by atoms with Gasteiger partial charge in [0.1, 0.15) is 11.8 Å². The number of para-hydroxylation sites is 2. The number of carbonyl (C=O) groups excluding carboxylic acids is 2. The summed E-state index contributed by atoms with van der Waals surface area (Å²) >= 11 is 0. The van der Waals surface area contributed by atoms with Crippen LogP contribution < -0.4 is 15.4 Å². The minimum absolute atomic E-state index is 0.316. The van der Waals surface area contributed by atoms with Gasteiger partial charge in [0.25, 0.3) is 11.8 Å². The lowest BCUT2D eigenvalue weighted by atomic mass is 10.0. The molecule has 0 aromatic heterocycles. The number of benzene rings is 3. The molecule has 5 heteroatoms. The molecule has 28 heavy (non-hydrogen) atoms. The fourth-order valence-corrected chi connectivity index (χ4v) is 2.82. The average molecular weight is 374 g/mol. The van der Waals surface area contributed by atoms with E-state index in [-0.39, 0.29) is 11.8 Å². The third-order valence-corrected chi connectivity index (χ3v) is 4.35. The van der Waals surface area contributed by atoms with E-state index in [1.54, 1.807) is 37.4 Å². The lowest BCUT2D eigenvalue weighted by Crippen LogP contribution is -2.37. The van der Waals surface area contributed by atoms with Gasteiger partial charge in [0.05, 0.1) is 12.8 Å². The highest BCUT2D eigenvalue weighted by Crippen LogP contribution is 2.25. The fourth-order valence-electron chi connectivity index (χ4n) is 2.82. The van der Waals surface area contributed by atoms with Crippen LogP contribution in [0.4, 0.5) is 5.69 Å². The Balaban J connectivity index is 1.85. The Labute approximate surface area is 164 Å². The topological polar surface area (TPSA) is 67.4 Å². The van der Waals surface area contributed by atoms with Crippen molar-refractivity contribution in [1.29, 1.82) is 0 Å². The second-order valence-electron chi connectivity index (χ2n) is 6.37. The minimum atomic E-state index is -0.847. The molecule has 2 amide bonds. The van der Waals surface area contributed by atoms with Crippen molar-refractivity contribution in [3.8, 4) is 5.75 Å². The first-order chi connectivity index (χ1) is 13.6. The van der Waals surface area contributed by atoms with Gasteiger partial charge in [-0.3, -0.25) is 9.59 Å². The van der Waals surface area contributed by atoms with E-state index in [4.69, 9.17) is 4.74 Å². The van der Waals surface area contributed by atoms with Crippen LogP contribution >= 0.6 is 0 Å². The van der Waals surface area contributed by atoms with E-state index in [1.165, 1.54) is 0 Å². The van der Waals surface area contributed by atoms with Crippen molar-refractivity contribution in [3.05, 3.63) is 95.6 Å². The maximum Gasteiger partial charge on any atom is 0.252 e. The standard InChI is InChI=1S/C23H22N2O3/c1-16-12-14-18(15-13-16)22(26)25-21(17-8-4-3-5-9-17)23(27)24-19-10-6-7-11-20(19)28-2/h3-15,21H,1-2H3,(H,24,27)(H,25,26)/t21-/m1/s1. The Kier molecular flexibility index (Phi) is 6.07. The summed E-state index contributed by atoms with van der Waals surface area (Å²) in [6, 6.07) is 22.6. The molecule has 0 spiro atoms. The highest BCUT2D eigenvalue weighted by molar-refractivity contribution is 6.02. The van der Waals surface area contributed by atoms with Gasteiger partial charge in [0.2, 0.25) is 0 Å². The number of methoxy groups -OCH3 is 1. The predicted molar refractivity (Wildman–Crippen MR) is 109 cm³/mol. The van der Waals surface area contributed by atoms with Crippen molar-refractivity contribution in [2.45, 2.75) is 13.0 Å². The molecule has 5 nitrogen and oxygen atoms in total. The lowest BCUT2D eigenvalue weighted by molar-refractivity contribution is -0.118. The van der Waals surface area contributed by atoms with E-state index < -0.39 is 6.04 Å². The zero-order chi connectivity index (χ0) is 19.9. The SMILES string of the molecule is COc1ccccc1NC(=O)[C@H](NC(=O)c1ccc(C)cc1)c1ccccc1. The third-order valence-electron chi connectivity index (χ3n) is 4.35. The molecule has 0 radical (unpaired) electrons. The summed E-state index contributed by atoms with van der Waals surface area (Å²) in [6.07, 6.45) is 0. The van der Waals surface area contributed by atoms with Crippen molar-refractivity contribution < 1.29 is 14.3 Å². The Morgan fingerprint density at radius 3 is 2.18 bits per heavy atom. The number of carbonyl (C=O) groups is 2. The molecular weight excluding hydrogens is 352 g/mol. The molecule has 2 N–H and O–H groups in total. The lowest BCUT2D eigenvalue weighted by Gasteiger charge is -2.20. The summed E-state index contributed by atoms with van der Waals surface area (Å²) in [5.74, 6) is -0.118. The first-order valence-electron chi connectivity index (χ1n) is 8.95. The summed E-state index contributed by atoms with van der Waals surface area (Å²) in [6.45, 7) is 1.95. The van der Waals surface area contributed by atoms with Crippen LogP contribution in [0.1, 0.15) is 27.5 Å². The highest BCUT2D eigenvalue weighted by atomic mass is 16.5. The third kappa shape index (κ3) is 4.57. The number of anilines is 1. The van der Waals surface area contributed by atoms with Gasteiger partial charge in [-0.25, -0.2) is 0 Å². The van der Waals surface area contributed by atoms with E-state index >= 15 is 0 Å². The molecule has 3 aromatic carbocycles. The van der Waals surface area contributed by atoms with Crippen molar-refractivity contribution in [2.75, 3.05) is 12.4 Å². The van der Waals surface area contributed by atoms with Crippen LogP contribution in [0, 0.1) is 6.92 Å². The predicted octanol–water partition coefficient (Wildman–Crippen LogP) is 4.11. The summed E-state index contributed by atoms with van der Waals surface area (Å²) in [7, 11) is 1.54. The molecule has 0 bridgehead atoms. The summed E-state index contributed by atoms with van der Waals surface area (Å²) < 4.78 is 5.29. The monoisotopic (exact) mass is 374 g/mol. The average Bonchev–Trinajstić information content (AvgIpc) is 2.73. The number of nitrogens with one attached hydrogen (secondary N) is 2. The number of rotatable bonds is 6. The Morgan fingerprint density at radius 2 is 1.50 bits per heavy atom. The molecule has 1 atom stereocenters. The van der Waals surface area contributed by atoms with E-state index in [0.717, 1.165) is 5.56 Å². The van der Waals surface area contributed by atoms with Gasteiger partial charge in [0.15, 0.2) is 0 Å². The zero-order valence-electron chi connectivity index (χ0n) is 15.8. The van der Waals surface area contributed by atoms with E-state index in [0.29, 0.717) is 22.6 Å². The Bertz CT molecular complexity index is 953. The van der Waals surface area contributed by atoms with Crippen LogP contribution in [-0.2, 0) is 4.79 Å². The number of ether oxygens (including phenoxy) is 1. The van der Waals surface area contributed by atoms with Gasteiger partial charge >= 0.3 is 0 Å². The first kappa shape index (κ1) is 19.2. The van der Waals surface area contributed by atoms with Crippen LogP contribution in [0.2, 0.25) is 0 Å². The van der Waals surface area contributed by atoms with Gasteiger partial charge in [-0.05, 0) is 36.8 Å². The largest absolute Gasteiger partial charge is 0.495 e. The van der Waals surface area contributed by atoms with Gasteiger partial charge in [-0.15, -0.1) is 0 Å². The molecule has 3 aromatic rings. The van der Waals surface area contributed by atoms with Crippen molar-refractivity contribution in [3.63, 3.8) is 0 Å². The molecular formula is C23H22N2O3. The molecule has 0 unspecified atom stereocenters. The van der Waals surface area contributed by atoms with Gasteiger partial charge < -0.3 is 15.4 Å². The van der Waals surface area contributed by atoms with Crippen LogP contribution in [0.25, 0.3) is 0 Å². The molecule has 142 valence electrons. The van der Waals surface area contributed by atoms with E-state index in [1.807, 2.05) is 55.5 Å². The van der Waals surface area contributed by atoms with E-state index in [9.17, 15) is 9.59 Å². The number of hydrogen-bond donors (Lipinski definition) is 2. The van der Waals surface area contributed by atoms with Crippen LogP contribution in [0.3, 0.4) is 0 Å². The van der Waals surface area contributed by atoms with Crippen molar-refractivity contribution in [1.82, 2.24) is 5.32 Å². The smallest absolute Gasteiger partial charge is 0.252 e. The van der Waals surface area contributed by atoms with Gasteiger partial charge in [0, 0.05) is 5.56 Å². The number of aryl methyl sites for hydroxylation is 1. The quantitative estimate of drug-likeness (QED) is 0.682. The Morgan fingerprint density at radius 1 is 0.857 bits per heavy atom. The van der Waals surface area contributed by atoms with Gasteiger partial charge in [-0.2, -0.15) is 0 Å². The number of hydrogen-bond acceptors (Lipinski definition) is 3. The van der Waals surface area contributed by atoms with Gasteiger partial charge in [-0.1, -0.05) is 60.2 Å². The minimum Gasteiger partial charge on any atom is -0.495 e. The normalized spacial score (nSPS) is 11.4. The highest BCUT2D eigenvalue weighted by Gasteiger charge is 2.24. The van der Waals surface area contributed by atoms with Crippen molar-refractivity contribution in [2.24, 2.45) is 0 Å². The number of amides is 2. The summed E-state index contributed by atoms with van der Waals surface area (Å²) in [5.41, 5.74) is 2.79.